The van der Waals surface area contributed by atoms with Crippen LogP contribution in [0.2, 0.25) is 0 Å². The minimum absolute atomic E-state index is 0.0420. The molecule has 0 bridgehead atoms. The van der Waals surface area contributed by atoms with E-state index >= 15 is 0 Å². The van der Waals surface area contributed by atoms with Crippen molar-refractivity contribution in [3.05, 3.63) is 77.9 Å². The van der Waals surface area contributed by atoms with Crippen molar-refractivity contribution in [2.75, 3.05) is 5.32 Å². The Morgan fingerprint density at radius 1 is 1.24 bits per heavy atom. The highest BCUT2D eigenvalue weighted by molar-refractivity contribution is 5.97. The summed E-state index contributed by atoms with van der Waals surface area (Å²) in [6.45, 7) is 0.411. The number of hydrogen-bond donors (Lipinski definition) is 1. The molecule has 1 unspecified atom stereocenters. The molecule has 126 valence electrons. The van der Waals surface area contributed by atoms with Crippen molar-refractivity contribution in [1.29, 1.82) is 0 Å². The van der Waals surface area contributed by atoms with E-state index in [1.807, 2.05) is 60.3 Å². The van der Waals surface area contributed by atoms with E-state index in [4.69, 9.17) is 4.74 Å². The number of rotatable bonds is 5. The Labute approximate surface area is 146 Å². The largest absolute Gasteiger partial charge is 0.486 e. The summed E-state index contributed by atoms with van der Waals surface area (Å²) in [5.41, 5.74) is 3.18. The zero-order valence-corrected chi connectivity index (χ0v) is 14.0. The number of ether oxygens (including phenoxy) is 1. The highest BCUT2D eigenvalue weighted by Crippen LogP contribution is 2.35. The van der Waals surface area contributed by atoms with Gasteiger partial charge < -0.3 is 14.6 Å². The van der Waals surface area contributed by atoms with Crippen LogP contribution in [0, 0.1) is 0 Å². The van der Waals surface area contributed by atoms with Gasteiger partial charge in [-0.25, -0.2) is 4.98 Å². The molecule has 1 aromatic heterocycles. The average Bonchev–Trinajstić information content (AvgIpc) is 3.00. The van der Waals surface area contributed by atoms with Gasteiger partial charge in [0, 0.05) is 25.1 Å². The van der Waals surface area contributed by atoms with Gasteiger partial charge in [-0.1, -0.05) is 24.3 Å². The summed E-state index contributed by atoms with van der Waals surface area (Å²) < 4.78 is 7.64. The maximum Gasteiger partial charge on any atom is 0.232 e. The van der Waals surface area contributed by atoms with Gasteiger partial charge in [-0.3, -0.25) is 4.79 Å². The molecule has 5 nitrogen and oxygen atoms in total. The van der Waals surface area contributed by atoms with E-state index in [1.165, 1.54) is 5.56 Å². The first-order valence-electron chi connectivity index (χ1n) is 8.28. The lowest BCUT2D eigenvalue weighted by atomic mass is 9.77. The number of amides is 1. The number of nitrogens with zero attached hydrogens (tertiary/aromatic N) is 2. The standard InChI is InChI=1S/C20H19N3O2/c1-23-11-10-21-19(23)13-25-16-8-6-15(7-9-16)22-20(24)18-12-14-4-2-3-5-17(14)18/h2-11,18H,12-13H2,1H3,(H,22,24). The van der Waals surface area contributed by atoms with Gasteiger partial charge in [0.1, 0.15) is 18.2 Å². The van der Waals surface area contributed by atoms with Gasteiger partial charge in [-0.2, -0.15) is 0 Å². The van der Waals surface area contributed by atoms with Crippen molar-refractivity contribution in [2.24, 2.45) is 7.05 Å². The first-order chi connectivity index (χ1) is 12.2. The maximum absolute atomic E-state index is 12.4. The van der Waals surface area contributed by atoms with E-state index in [0.29, 0.717) is 6.61 Å². The van der Waals surface area contributed by atoms with Crippen LogP contribution >= 0.6 is 0 Å². The second-order valence-corrected chi connectivity index (χ2v) is 6.21. The monoisotopic (exact) mass is 333 g/mol. The lowest BCUT2D eigenvalue weighted by Gasteiger charge is -2.28. The van der Waals surface area contributed by atoms with Gasteiger partial charge in [0.05, 0.1) is 5.92 Å². The molecule has 1 atom stereocenters. The Hall–Kier alpha value is -3.08. The van der Waals surface area contributed by atoms with Crippen LogP contribution in [0.1, 0.15) is 22.9 Å². The van der Waals surface area contributed by atoms with Gasteiger partial charge in [-0.15, -0.1) is 0 Å². The lowest BCUT2D eigenvalue weighted by Crippen LogP contribution is -2.30. The Bertz CT molecular complexity index is 899. The fourth-order valence-corrected chi connectivity index (χ4v) is 3.04. The van der Waals surface area contributed by atoms with Crippen molar-refractivity contribution < 1.29 is 9.53 Å². The fraction of sp³-hybridized carbons (Fsp3) is 0.200. The van der Waals surface area contributed by atoms with E-state index in [-0.39, 0.29) is 11.8 Å². The second kappa shape index (κ2) is 6.43. The van der Waals surface area contributed by atoms with Crippen LogP contribution in [-0.2, 0) is 24.9 Å². The Morgan fingerprint density at radius 3 is 2.76 bits per heavy atom. The average molecular weight is 333 g/mol. The molecule has 1 N–H and O–H groups in total. The summed E-state index contributed by atoms with van der Waals surface area (Å²) in [6, 6.07) is 15.5. The molecule has 5 heteroatoms. The molecule has 25 heavy (non-hydrogen) atoms. The van der Waals surface area contributed by atoms with Crippen molar-refractivity contribution in [2.45, 2.75) is 18.9 Å². The van der Waals surface area contributed by atoms with Gasteiger partial charge >= 0.3 is 0 Å². The summed E-state index contributed by atoms with van der Waals surface area (Å²) in [4.78, 5) is 16.6. The van der Waals surface area contributed by atoms with Crippen LogP contribution < -0.4 is 10.1 Å². The molecular weight excluding hydrogens is 314 g/mol. The van der Waals surface area contributed by atoms with Crippen LogP contribution in [-0.4, -0.2) is 15.5 Å². The first-order valence-corrected chi connectivity index (χ1v) is 8.28. The van der Waals surface area contributed by atoms with Gasteiger partial charge in [-0.05, 0) is 41.8 Å². The summed E-state index contributed by atoms with van der Waals surface area (Å²) >= 11 is 0. The molecule has 2 aromatic carbocycles. The van der Waals surface area contributed by atoms with Crippen molar-refractivity contribution in [3.8, 4) is 5.75 Å². The second-order valence-electron chi connectivity index (χ2n) is 6.21. The fourth-order valence-electron chi connectivity index (χ4n) is 3.04. The van der Waals surface area contributed by atoms with Crippen molar-refractivity contribution in [3.63, 3.8) is 0 Å². The maximum atomic E-state index is 12.4. The molecule has 1 heterocycles. The molecule has 3 aromatic rings. The molecule has 1 amide bonds. The molecule has 0 fully saturated rings. The predicted molar refractivity (Wildman–Crippen MR) is 95.5 cm³/mol. The zero-order valence-electron chi connectivity index (χ0n) is 14.0. The number of aromatic nitrogens is 2. The molecular formula is C20H19N3O2. The van der Waals surface area contributed by atoms with Crippen LogP contribution in [0.3, 0.4) is 0 Å². The third-order valence-corrected chi connectivity index (χ3v) is 4.58. The number of carbonyl (C=O) groups excluding carboxylic acids is 1. The molecule has 1 aliphatic carbocycles. The van der Waals surface area contributed by atoms with E-state index < -0.39 is 0 Å². The number of benzene rings is 2. The van der Waals surface area contributed by atoms with Gasteiger partial charge in [0.15, 0.2) is 0 Å². The van der Waals surface area contributed by atoms with Gasteiger partial charge in [0.25, 0.3) is 0 Å². The number of nitrogens with one attached hydrogen (secondary N) is 1. The zero-order chi connectivity index (χ0) is 17.2. The Kier molecular flexibility index (Phi) is 3.98. The Balaban J connectivity index is 1.35. The molecule has 0 saturated carbocycles. The van der Waals surface area contributed by atoms with E-state index in [9.17, 15) is 4.79 Å². The number of hydrogen-bond acceptors (Lipinski definition) is 3. The highest BCUT2D eigenvalue weighted by atomic mass is 16.5. The van der Waals surface area contributed by atoms with Crippen LogP contribution in [0.15, 0.2) is 60.9 Å². The number of carbonyl (C=O) groups is 1. The van der Waals surface area contributed by atoms with E-state index in [2.05, 4.69) is 16.4 Å². The molecule has 0 saturated heterocycles. The Morgan fingerprint density at radius 2 is 2.04 bits per heavy atom. The third-order valence-electron chi connectivity index (χ3n) is 4.58. The predicted octanol–water partition coefficient (Wildman–Crippen LogP) is 3.28. The summed E-state index contributed by atoms with van der Waals surface area (Å²) in [5, 5.41) is 2.98. The molecule has 1 aliphatic rings. The number of fused-ring (bicyclic) bond motifs is 1. The lowest BCUT2D eigenvalue weighted by molar-refractivity contribution is -0.118. The van der Waals surface area contributed by atoms with Crippen LogP contribution in [0.4, 0.5) is 5.69 Å². The van der Waals surface area contributed by atoms with Crippen LogP contribution in [0.5, 0.6) is 5.75 Å². The minimum atomic E-state index is -0.0458. The number of anilines is 1. The summed E-state index contributed by atoms with van der Waals surface area (Å²) in [5.74, 6) is 1.60. The first kappa shape index (κ1) is 15.4. The minimum Gasteiger partial charge on any atom is -0.486 e. The number of aryl methyl sites for hydroxylation is 1. The van der Waals surface area contributed by atoms with E-state index in [1.54, 1.807) is 6.20 Å². The van der Waals surface area contributed by atoms with Gasteiger partial charge in [0.2, 0.25) is 5.91 Å². The quantitative estimate of drug-likeness (QED) is 0.779. The SMILES string of the molecule is Cn1ccnc1COc1ccc(NC(=O)C2Cc3ccccc32)cc1. The van der Waals surface area contributed by atoms with E-state index in [0.717, 1.165) is 29.2 Å². The third kappa shape index (κ3) is 3.13. The highest BCUT2D eigenvalue weighted by Gasteiger charge is 2.31. The topological polar surface area (TPSA) is 56.1 Å². The molecule has 0 radical (unpaired) electrons. The molecule has 4 rings (SSSR count). The molecule has 0 aliphatic heterocycles. The van der Waals surface area contributed by atoms with Crippen molar-refractivity contribution >= 4 is 11.6 Å². The summed E-state index contributed by atoms with van der Waals surface area (Å²) in [7, 11) is 1.93. The summed E-state index contributed by atoms with van der Waals surface area (Å²) in [6.07, 6.45) is 4.44. The van der Waals surface area contributed by atoms with Crippen molar-refractivity contribution in [1.82, 2.24) is 9.55 Å². The van der Waals surface area contributed by atoms with Crippen LogP contribution in [0.25, 0.3) is 0 Å². The molecule has 0 spiro atoms. The number of imidazole rings is 1. The normalized spacial score (nSPS) is 15.2. The smallest absolute Gasteiger partial charge is 0.232 e.